The van der Waals surface area contributed by atoms with Crippen molar-refractivity contribution in [3.05, 3.63) is 57.4 Å². The molecular weight excluding hydrogens is 361 g/mol. The topological polar surface area (TPSA) is 113 Å². The number of hydrogen-bond acceptors (Lipinski definition) is 7. The van der Waals surface area contributed by atoms with Crippen LogP contribution in [0.4, 0.5) is 4.39 Å². The van der Waals surface area contributed by atoms with Gasteiger partial charge in [-0.25, -0.2) is 19.0 Å². The van der Waals surface area contributed by atoms with Gasteiger partial charge in [-0.15, -0.1) is 0 Å². The lowest BCUT2D eigenvalue weighted by molar-refractivity contribution is 0.0526. The van der Waals surface area contributed by atoms with E-state index in [1.54, 1.807) is 6.92 Å². The minimum atomic E-state index is -0.556. The van der Waals surface area contributed by atoms with Crippen LogP contribution in [0.1, 0.15) is 28.4 Å². The second kappa shape index (κ2) is 7.37. The lowest BCUT2D eigenvalue weighted by atomic mass is 10.1. The third-order valence-electron chi connectivity index (χ3n) is 3.40. The molecule has 1 aromatic carbocycles. The fourth-order valence-corrected chi connectivity index (χ4v) is 3.01. The van der Waals surface area contributed by atoms with E-state index in [9.17, 15) is 14.0 Å². The maximum atomic E-state index is 14.0. The van der Waals surface area contributed by atoms with Gasteiger partial charge in [-0.2, -0.15) is 14.9 Å². The van der Waals surface area contributed by atoms with E-state index in [4.69, 9.17) is 10.00 Å². The van der Waals surface area contributed by atoms with Crippen molar-refractivity contribution >= 4 is 23.4 Å². The molecular formula is C16H12FN5O3S. The molecule has 3 aromatic rings. The average molecular weight is 373 g/mol. The van der Waals surface area contributed by atoms with Crippen LogP contribution in [0.3, 0.4) is 0 Å². The maximum Gasteiger partial charge on any atom is 0.350 e. The molecule has 0 radical (unpaired) electrons. The van der Waals surface area contributed by atoms with E-state index in [0.717, 1.165) is 16.3 Å². The van der Waals surface area contributed by atoms with Crippen molar-refractivity contribution in [3.63, 3.8) is 0 Å². The molecule has 0 bridgehead atoms. The number of aromatic nitrogens is 4. The second-order valence-electron chi connectivity index (χ2n) is 5.07. The molecule has 0 unspecified atom stereocenters. The Hall–Kier alpha value is -3.19. The van der Waals surface area contributed by atoms with Gasteiger partial charge < -0.3 is 4.74 Å². The number of H-pyrrole nitrogens is 1. The van der Waals surface area contributed by atoms with Gasteiger partial charge in [0.25, 0.3) is 0 Å². The molecule has 0 amide bonds. The van der Waals surface area contributed by atoms with Gasteiger partial charge in [0, 0.05) is 5.75 Å². The number of hydrogen-bond donors (Lipinski definition) is 1. The van der Waals surface area contributed by atoms with Crippen LogP contribution in [0.25, 0.3) is 5.65 Å². The van der Waals surface area contributed by atoms with E-state index in [-0.39, 0.29) is 39.9 Å². The summed E-state index contributed by atoms with van der Waals surface area (Å²) in [5.41, 5.74) is 0.230. The largest absolute Gasteiger partial charge is 0.462 e. The summed E-state index contributed by atoms with van der Waals surface area (Å²) in [4.78, 5) is 30.4. The number of nitrogens with zero attached hydrogens (tertiary/aromatic N) is 4. The highest BCUT2D eigenvalue weighted by Crippen LogP contribution is 2.22. The number of halogens is 1. The highest BCUT2D eigenvalue weighted by molar-refractivity contribution is 7.98. The van der Waals surface area contributed by atoms with E-state index >= 15 is 0 Å². The van der Waals surface area contributed by atoms with Gasteiger partial charge in [0.05, 0.1) is 18.4 Å². The number of nitriles is 1. The lowest BCUT2D eigenvalue weighted by Gasteiger charge is -2.06. The molecule has 0 saturated carbocycles. The monoisotopic (exact) mass is 373 g/mol. The molecule has 10 heteroatoms. The molecule has 0 aliphatic heterocycles. The first-order chi connectivity index (χ1) is 12.5. The van der Waals surface area contributed by atoms with Crippen LogP contribution in [-0.2, 0) is 10.5 Å². The van der Waals surface area contributed by atoms with Crippen LogP contribution in [0.5, 0.6) is 0 Å². The predicted octanol–water partition coefficient (Wildman–Crippen LogP) is 1.90. The first kappa shape index (κ1) is 17.6. The normalized spacial score (nSPS) is 10.7. The van der Waals surface area contributed by atoms with Crippen molar-refractivity contribution in [1.29, 1.82) is 5.26 Å². The fourth-order valence-electron chi connectivity index (χ4n) is 2.19. The Bertz CT molecular complexity index is 1090. The van der Waals surface area contributed by atoms with Gasteiger partial charge >= 0.3 is 11.7 Å². The molecule has 2 heterocycles. The summed E-state index contributed by atoms with van der Waals surface area (Å²) in [7, 11) is 0. The molecule has 1 N–H and O–H groups in total. The fraction of sp³-hybridized carbons (Fsp3) is 0.188. The molecule has 0 atom stereocenters. The predicted molar refractivity (Wildman–Crippen MR) is 90.2 cm³/mol. The first-order valence-electron chi connectivity index (χ1n) is 7.50. The third-order valence-corrected chi connectivity index (χ3v) is 4.32. The standard InChI is InChI=1S/C16H12FN5O3S/c1-2-25-14(23)9-3-4-12(17)10(5-9)8-26-15-20-13-11(6-18)7-19-22(13)16(24)21-15/h3-5,7H,2,8H2,1H3,(H,20,21,24). The Labute approximate surface area is 150 Å². The number of rotatable bonds is 5. The lowest BCUT2D eigenvalue weighted by Crippen LogP contribution is -2.19. The summed E-state index contributed by atoms with van der Waals surface area (Å²) >= 11 is 1.06. The van der Waals surface area contributed by atoms with Crippen LogP contribution >= 0.6 is 11.8 Å². The van der Waals surface area contributed by atoms with Gasteiger partial charge in [-0.1, -0.05) is 11.8 Å². The van der Waals surface area contributed by atoms with Crippen LogP contribution < -0.4 is 5.69 Å². The number of aromatic amines is 1. The van der Waals surface area contributed by atoms with Crippen molar-refractivity contribution in [3.8, 4) is 6.07 Å². The smallest absolute Gasteiger partial charge is 0.350 e. The van der Waals surface area contributed by atoms with Gasteiger partial charge in [-0.05, 0) is 30.7 Å². The van der Waals surface area contributed by atoms with E-state index in [2.05, 4.69) is 15.1 Å². The zero-order chi connectivity index (χ0) is 18.7. The van der Waals surface area contributed by atoms with Gasteiger partial charge in [-0.3, -0.25) is 4.98 Å². The molecule has 26 heavy (non-hydrogen) atoms. The Morgan fingerprint density at radius 1 is 1.50 bits per heavy atom. The SMILES string of the molecule is CCOC(=O)c1ccc(F)c(CSc2nc3c(C#N)cnn3c(=O)[nH]2)c1. The number of esters is 1. The number of carbonyl (C=O) groups excluding carboxylic acids is 1. The van der Waals surface area contributed by atoms with Gasteiger partial charge in [0.1, 0.15) is 17.4 Å². The Balaban J connectivity index is 1.86. The van der Waals surface area contributed by atoms with Crippen molar-refractivity contribution in [2.45, 2.75) is 17.8 Å². The van der Waals surface area contributed by atoms with Crippen molar-refractivity contribution in [1.82, 2.24) is 19.6 Å². The first-order valence-corrected chi connectivity index (χ1v) is 8.48. The van der Waals surface area contributed by atoms with Crippen molar-refractivity contribution < 1.29 is 13.9 Å². The van der Waals surface area contributed by atoms with Crippen molar-refractivity contribution in [2.24, 2.45) is 0 Å². The molecule has 0 spiro atoms. The number of benzene rings is 1. The van der Waals surface area contributed by atoms with Crippen LogP contribution in [0.15, 0.2) is 34.3 Å². The molecule has 0 aliphatic carbocycles. The van der Waals surface area contributed by atoms with E-state index < -0.39 is 17.5 Å². The third kappa shape index (κ3) is 3.43. The molecule has 0 aliphatic rings. The summed E-state index contributed by atoms with van der Waals surface area (Å²) in [6.07, 6.45) is 1.24. The minimum Gasteiger partial charge on any atom is -0.462 e. The van der Waals surface area contributed by atoms with Gasteiger partial charge in [0.15, 0.2) is 10.8 Å². The molecule has 0 saturated heterocycles. The molecule has 2 aromatic heterocycles. The molecule has 8 nitrogen and oxygen atoms in total. The second-order valence-corrected chi connectivity index (χ2v) is 6.03. The number of nitrogens with one attached hydrogen (secondary N) is 1. The number of carbonyl (C=O) groups is 1. The summed E-state index contributed by atoms with van der Waals surface area (Å²) in [6.45, 7) is 1.90. The van der Waals surface area contributed by atoms with Gasteiger partial charge in [0.2, 0.25) is 0 Å². The highest BCUT2D eigenvalue weighted by atomic mass is 32.2. The molecule has 132 valence electrons. The summed E-state index contributed by atoms with van der Waals surface area (Å²) in [6, 6.07) is 5.83. The minimum absolute atomic E-state index is 0.119. The maximum absolute atomic E-state index is 14.0. The average Bonchev–Trinajstić information content (AvgIpc) is 3.04. The summed E-state index contributed by atoms with van der Waals surface area (Å²) in [5, 5.41) is 13.0. The molecule has 0 fully saturated rings. The van der Waals surface area contributed by atoms with E-state index in [1.807, 2.05) is 6.07 Å². The highest BCUT2D eigenvalue weighted by Gasteiger charge is 2.13. The quantitative estimate of drug-likeness (QED) is 0.537. The summed E-state index contributed by atoms with van der Waals surface area (Å²) in [5.74, 6) is -0.908. The van der Waals surface area contributed by atoms with Crippen LogP contribution in [0, 0.1) is 17.1 Å². The van der Waals surface area contributed by atoms with E-state index in [1.165, 1.54) is 24.4 Å². The zero-order valence-corrected chi connectivity index (χ0v) is 14.3. The van der Waals surface area contributed by atoms with Crippen molar-refractivity contribution in [2.75, 3.05) is 6.61 Å². The Morgan fingerprint density at radius 2 is 2.31 bits per heavy atom. The zero-order valence-electron chi connectivity index (χ0n) is 13.5. The number of fused-ring (bicyclic) bond motifs is 1. The number of thioether (sulfide) groups is 1. The van der Waals surface area contributed by atoms with Crippen LogP contribution in [-0.4, -0.2) is 32.2 Å². The van der Waals surface area contributed by atoms with Crippen LogP contribution in [0.2, 0.25) is 0 Å². The summed E-state index contributed by atoms with van der Waals surface area (Å²) < 4.78 is 19.9. The van der Waals surface area contributed by atoms with E-state index in [0.29, 0.717) is 0 Å². The number of ether oxygens (including phenoxy) is 1. The Kier molecular flexibility index (Phi) is 4.99. The molecule has 3 rings (SSSR count). The Morgan fingerprint density at radius 3 is 3.04 bits per heavy atom.